The number of piperidine rings is 1. The number of hydrogen-bond acceptors (Lipinski definition) is 7. The van der Waals surface area contributed by atoms with Crippen LogP contribution in [-0.2, 0) is 11.3 Å². The highest BCUT2D eigenvalue weighted by atomic mass is 16.5. The smallest absolute Gasteiger partial charge is 0.223 e. The minimum atomic E-state index is 0.322. The van der Waals surface area contributed by atoms with Gasteiger partial charge in [0.15, 0.2) is 0 Å². The summed E-state index contributed by atoms with van der Waals surface area (Å²) in [7, 11) is 0. The molecule has 2 aliphatic rings. The Morgan fingerprint density at radius 2 is 1.78 bits per heavy atom. The Morgan fingerprint density at radius 1 is 1.04 bits per heavy atom. The van der Waals surface area contributed by atoms with E-state index in [1.807, 2.05) is 6.07 Å². The molecule has 2 fully saturated rings. The minimum Gasteiger partial charge on any atom is -0.378 e. The van der Waals surface area contributed by atoms with E-state index in [-0.39, 0.29) is 0 Å². The Morgan fingerprint density at radius 3 is 2.52 bits per heavy atom. The van der Waals surface area contributed by atoms with Gasteiger partial charge in [-0.3, -0.25) is 4.90 Å². The molecule has 0 spiro atoms. The van der Waals surface area contributed by atoms with Gasteiger partial charge in [0.2, 0.25) is 5.95 Å². The van der Waals surface area contributed by atoms with Gasteiger partial charge in [-0.2, -0.15) is 9.97 Å². The first-order chi connectivity index (χ1) is 13.3. The maximum Gasteiger partial charge on any atom is 0.223 e. The first kappa shape index (κ1) is 18.0. The summed E-state index contributed by atoms with van der Waals surface area (Å²) in [6.07, 6.45) is 2.20. The van der Waals surface area contributed by atoms with Gasteiger partial charge in [0, 0.05) is 44.8 Å². The number of rotatable bonds is 5. The molecule has 0 saturated carbocycles. The van der Waals surface area contributed by atoms with Crippen LogP contribution in [0.3, 0.4) is 0 Å². The lowest BCUT2D eigenvalue weighted by atomic mass is 10.0. The third-order valence-electron chi connectivity index (χ3n) is 5.25. The Kier molecular flexibility index (Phi) is 5.69. The SMILES string of the molecule is Nc1nc(NC2CCN(Cc3ccccc3)CC2)cc(N2CCOCC2)n1. The van der Waals surface area contributed by atoms with Crippen LogP contribution >= 0.6 is 0 Å². The third-order valence-corrected chi connectivity index (χ3v) is 5.25. The van der Waals surface area contributed by atoms with Crippen molar-refractivity contribution in [3.8, 4) is 0 Å². The van der Waals surface area contributed by atoms with Crippen molar-refractivity contribution >= 4 is 17.6 Å². The Bertz CT molecular complexity index is 727. The quantitative estimate of drug-likeness (QED) is 0.835. The number of nitrogen functional groups attached to an aromatic ring is 1. The molecule has 2 aliphatic heterocycles. The lowest BCUT2D eigenvalue weighted by Crippen LogP contribution is -2.39. The van der Waals surface area contributed by atoms with Crippen molar-refractivity contribution in [3.63, 3.8) is 0 Å². The molecular weight excluding hydrogens is 340 g/mol. The highest BCUT2D eigenvalue weighted by Crippen LogP contribution is 2.21. The van der Waals surface area contributed by atoms with Crippen LogP contribution in [0.5, 0.6) is 0 Å². The fourth-order valence-electron chi connectivity index (χ4n) is 3.77. The minimum absolute atomic E-state index is 0.322. The molecule has 7 heteroatoms. The van der Waals surface area contributed by atoms with E-state index in [4.69, 9.17) is 10.5 Å². The van der Waals surface area contributed by atoms with Crippen LogP contribution in [0.25, 0.3) is 0 Å². The highest BCUT2D eigenvalue weighted by Gasteiger charge is 2.21. The zero-order valence-corrected chi connectivity index (χ0v) is 15.7. The van der Waals surface area contributed by atoms with E-state index in [9.17, 15) is 0 Å². The molecule has 0 atom stereocenters. The van der Waals surface area contributed by atoms with Crippen molar-refractivity contribution in [2.24, 2.45) is 0 Å². The number of nitrogens with zero attached hydrogens (tertiary/aromatic N) is 4. The van der Waals surface area contributed by atoms with Gasteiger partial charge in [-0.25, -0.2) is 0 Å². The molecular formula is C20H28N6O. The monoisotopic (exact) mass is 368 g/mol. The summed E-state index contributed by atoms with van der Waals surface area (Å²) >= 11 is 0. The van der Waals surface area contributed by atoms with Crippen LogP contribution in [0.2, 0.25) is 0 Å². The summed E-state index contributed by atoms with van der Waals surface area (Å²) in [4.78, 5) is 13.5. The van der Waals surface area contributed by atoms with Crippen LogP contribution in [0, 0.1) is 0 Å². The maximum absolute atomic E-state index is 5.95. The van der Waals surface area contributed by atoms with E-state index in [2.05, 4.69) is 55.4 Å². The van der Waals surface area contributed by atoms with Gasteiger partial charge in [-0.15, -0.1) is 0 Å². The number of morpholine rings is 1. The average molecular weight is 368 g/mol. The first-order valence-corrected chi connectivity index (χ1v) is 9.76. The number of ether oxygens (including phenoxy) is 1. The van der Waals surface area contributed by atoms with Crippen LogP contribution in [0.15, 0.2) is 36.4 Å². The fourth-order valence-corrected chi connectivity index (χ4v) is 3.77. The van der Waals surface area contributed by atoms with Crippen LogP contribution in [0.1, 0.15) is 18.4 Å². The van der Waals surface area contributed by atoms with Gasteiger partial charge in [0.25, 0.3) is 0 Å². The van der Waals surface area contributed by atoms with E-state index in [0.717, 1.165) is 70.4 Å². The molecule has 0 radical (unpaired) electrons. The van der Waals surface area contributed by atoms with E-state index < -0.39 is 0 Å². The number of nitrogens with two attached hydrogens (primary N) is 1. The molecule has 3 N–H and O–H groups in total. The van der Waals surface area contributed by atoms with Gasteiger partial charge >= 0.3 is 0 Å². The van der Waals surface area contributed by atoms with Crippen molar-refractivity contribution < 1.29 is 4.74 Å². The van der Waals surface area contributed by atoms with Crippen molar-refractivity contribution in [1.82, 2.24) is 14.9 Å². The molecule has 1 aromatic heterocycles. The largest absolute Gasteiger partial charge is 0.378 e. The predicted molar refractivity (Wildman–Crippen MR) is 108 cm³/mol. The standard InChI is InChI=1S/C20H28N6O/c21-20-23-18(14-19(24-20)26-10-12-27-13-11-26)22-17-6-8-25(9-7-17)15-16-4-2-1-3-5-16/h1-5,14,17H,6-13,15H2,(H3,21,22,23,24). The fraction of sp³-hybridized carbons (Fsp3) is 0.500. The number of hydrogen-bond donors (Lipinski definition) is 2. The lowest BCUT2D eigenvalue weighted by Gasteiger charge is -2.33. The summed E-state index contributed by atoms with van der Waals surface area (Å²) in [6.45, 7) is 6.34. The molecule has 4 rings (SSSR count). The summed E-state index contributed by atoms with van der Waals surface area (Å²) < 4.78 is 5.42. The summed E-state index contributed by atoms with van der Waals surface area (Å²) in [5.41, 5.74) is 7.33. The Balaban J connectivity index is 1.32. The molecule has 2 saturated heterocycles. The topological polar surface area (TPSA) is 79.5 Å². The molecule has 1 aromatic carbocycles. The number of aromatic nitrogens is 2. The molecule has 144 valence electrons. The molecule has 0 aliphatic carbocycles. The maximum atomic E-state index is 5.95. The summed E-state index contributed by atoms with van der Waals surface area (Å²) in [5, 5.41) is 3.57. The van der Waals surface area contributed by atoms with Crippen molar-refractivity contribution in [3.05, 3.63) is 42.0 Å². The zero-order valence-electron chi connectivity index (χ0n) is 15.7. The van der Waals surface area contributed by atoms with E-state index in [1.54, 1.807) is 0 Å². The van der Waals surface area contributed by atoms with Crippen LogP contribution in [0.4, 0.5) is 17.6 Å². The van der Waals surface area contributed by atoms with Crippen LogP contribution < -0.4 is 16.0 Å². The molecule has 7 nitrogen and oxygen atoms in total. The summed E-state index contributed by atoms with van der Waals surface area (Å²) in [6, 6.07) is 13.1. The number of likely N-dealkylation sites (tertiary alicyclic amines) is 1. The molecule has 0 unspecified atom stereocenters. The molecule has 0 amide bonds. The van der Waals surface area contributed by atoms with Crippen molar-refractivity contribution in [2.75, 3.05) is 55.3 Å². The number of nitrogens with one attached hydrogen (secondary N) is 1. The van der Waals surface area contributed by atoms with E-state index in [0.29, 0.717) is 12.0 Å². The van der Waals surface area contributed by atoms with E-state index in [1.165, 1.54) is 5.56 Å². The second-order valence-corrected chi connectivity index (χ2v) is 7.25. The highest BCUT2D eigenvalue weighted by molar-refractivity contribution is 5.53. The summed E-state index contributed by atoms with van der Waals surface area (Å²) in [5.74, 6) is 2.03. The van der Waals surface area contributed by atoms with Gasteiger partial charge < -0.3 is 20.7 Å². The second kappa shape index (κ2) is 8.54. The molecule has 3 heterocycles. The lowest BCUT2D eigenvalue weighted by molar-refractivity contribution is 0.122. The van der Waals surface area contributed by atoms with Crippen molar-refractivity contribution in [1.29, 1.82) is 0 Å². The normalized spacial score (nSPS) is 19.2. The zero-order chi connectivity index (χ0) is 18.5. The average Bonchev–Trinajstić information content (AvgIpc) is 2.71. The predicted octanol–water partition coefficient (Wildman–Crippen LogP) is 1.97. The number of anilines is 3. The van der Waals surface area contributed by atoms with Gasteiger partial charge in [-0.1, -0.05) is 30.3 Å². The number of benzene rings is 1. The molecule has 2 aromatic rings. The molecule has 27 heavy (non-hydrogen) atoms. The Hall–Kier alpha value is -2.38. The Labute approximate surface area is 160 Å². The second-order valence-electron chi connectivity index (χ2n) is 7.25. The first-order valence-electron chi connectivity index (χ1n) is 9.76. The molecule has 0 bridgehead atoms. The van der Waals surface area contributed by atoms with Gasteiger partial charge in [0.05, 0.1) is 13.2 Å². The van der Waals surface area contributed by atoms with Crippen LogP contribution in [-0.4, -0.2) is 60.3 Å². The van der Waals surface area contributed by atoms with Gasteiger partial charge in [0.1, 0.15) is 11.6 Å². The van der Waals surface area contributed by atoms with E-state index >= 15 is 0 Å². The van der Waals surface area contributed by atoms with Gasteiger partial charge in [-0.05, 0) is 18.4 Å². The third kappa shape index (κ3) is 4.87. The van der Waals surface area contributed by atoms with Crippen molar-refractivity contribution in [2.45, 2.75) is 25.4 Å².